The van der Waals surface area contributed by atoms with Gasteiger partial charge < -0.3 is 9.88 Å². The minimum absolute atomic E-state index is 0.199. The Balaban J connectivity index is 1.51. The topological polar surface area (TPSA) is 94.7 Å². The molecule has 0 spiro atoms. The molecular weight excluding hydrogens is 452 g/mol. The number of nitrogens with one attached hydrogen (secondary N) is 1. The van der Waals surface area contributed by atoms with Crippen molar-refractivity contribution in [3.8, 4) is 11.4 Å². The maximum Gasteiger partial charge on any atom is 0.276 e. The van der Waals surface area contributed by atoms with E-state index in [1.165, 1.54) is 4.68 Å². The highest BCUT2D eigenvalue weighted by Gasteiger charge is 2.20. The van der Waals surface area contributed by atoms with E-state index in [2.05, 4.69) is 25.2 Å². The second-order valence-corrected chi connectivity index (χ2v) is 8.88. The van der Waals surface area contributed by atoms with Gasteiger partial charge in [0.1, 0.15) is 5.82 Å². The number of halogens is 1. The van der Waals surface area contributed by atoms with E-state index in [1.54, 1.807) is 36.4 Å². The number of aromatic nitrogens is 5. The van der Waals surface area contributed by atoms with Gasteiger partial charge in [0.15, 0.2) is 11.5 Å². The Hall–Kier alpha value is -3.52. The third-order valence-electron chi connectivity index (χ3n) is 6.09. The van der Waals surface area contributed by atoms with Crippen LogP contribution in [0.5, 0.6) is 0 Å². The van der Waals surface area contributed by atoms with Gasteiger partial charge in [-0.25, -0.2) is 4.68 Å². The second-order valence-electron chi connectivity index (χ2n) is 8.47. The van der Waals surface area contributed by atoms with Crippen molar-refractivity contribution in [1.82, 2.24) is 24.5 Å². The Kier molecular flexibility index (Phi) is 6.15. The number of rotatable bonds is 5. The highest BCUT2D eigenvalue weighted by Crippen LogP contribution is 2.31. The monoisotopic (exact) mass is 476 g/mol. The van der Waals surface area contributed by atoms with Gasteiger partial charge in [-0.1, -0.05) is 43.1 Å². The van der Waals surface area contributed by atoms with E-state index in [1.807, 2.05) is 13.0 Å². The van der Waals surface area contributed by atoms with Crippen molar-refractivity contribution in [2.45, 2.75) is 52.1 Å². The maximum absolute atomic E-state index is 13.3. The molecule has 1 aliphatic heterocycles. The van der Waals surface area contributed by atoms with Crippen molar-refractivity contribution < 1.29 is 4.79 Å². The molecule has 4 aromatic rings. The number of carbonyl (C=O) groups is 1. The molecule has 1 aliphatic rings. The Morgan fingerprint density at radius 2 is 1.91 bits per heavy atom. The summed E-state index contributed by atoms with van der Waals surface area (Å²) < 4.78 is 3.48. The van der Waals surface area contributed by atoms with Crippen LogP contribution in [0, 0.1) is 0 Å². The average Bonchev–Trinajstić information content (AvgIpc) is 3.09. The fourth-order valence-electron chi connectivity index (χ4n) is 4.42. The standard InChI is InChI=1S/C25H25ClN6O2/c1-2-13-32-25(34)18-9-6-5-8-17(18)22(30-32)24(33)27-16-11-12-20(26)19(15-16)23-29-28-21-10-4-3-7-14-31(21)23/h5-6,8-9,11-12,15H,2-4,7,10,13-14H2,1H3,(H,27,33). The molecule has 2 aromatic heterocycles. The van der Waals surface area contributed by atoms with Crippen LogP contribution in [0.15, 0.2) is 47.3 Å². The third-order valence-corrected chi connectivity index (χ3v) is 6.42. The molecule has 1 N–H and O–H groups in total. The SMILES string of the molecule is CCCn1nc(C(=O)Nc2ccc(Cl)c(-c3nnc4n3CCCCC4)c2)c2ccccc2c1=O. The van der Waals surface area contributed by atoms with Crippen LogP contribution in [0.4, 0.5) is 5.69 Å². The van der Waals surface area contributed by atoms with Gasteiger partial charge in [-0.3, -0.25) is 9.59 Å². The van der Waals surface area contributed by atoms with Crippen molar-refractivity contribution in [3.05, 3.63) is 69.4 Å². The van der Waals surface area contributed by atoms with Crippen LogP contribution in [-0.4, -0.2) is 30.5 Å². The molecule has 34 heavy (non-hydrogen) atoms. The van der Waals surface area contributed by atoms with E-state index in [9.17, 15) is 9.59 Å². The summed E-state index contributed by atoms with van der Waals surface area (Å²) in [6.07, 6.45) is 4.96. The summed E-state index contributed by atoms with van der Waals surface area (Å²) in [4.78, 5) is 26.0. The maximum atomic E-state index is 13.3. The first-order chi connectivity index (χ1) is 16.6. The zero-order valence-corrected chi connectivity index (χ0v) is 19.7. The molecule has 0 bridgehead atoms. The molecule has 0 fully saturated rings. The zero-order chi connectivity index (χ0) is 23.7. The number of hydrogen-bond donors (Lipinski definition) is 1. The lowest BCUT2D eigenvalue weighted by Crippen LogP contribution is -2.27. The Morgan fingerprint density at radius 3 is 2.74 bits per heavy atom. The van der Waals surface area contributed by atoms with Crippen molar-refractivity contribution in [2.24, 2.45) is 0 Å². The summed E-state index contributed by atoms with van der Waals surface area (Å²) >= 11 is 6.53. The van der Waals surface area contributed by atoms with E-state index < -0.39 is 5.91 Å². The molecule has 5 rings (SSSR count). The molecule has 8 nitrogen and oxygen atoms in total. The van der Waals surface area contributed by atoms with Gasteiger partial charge in [0.05, 0.1) is 10.4 Å². The predicted octanol–water partition coefficient (Wildman–Crippen LogP) is 4.70. The lowest BCUT2D eigenvalue weighted by atomic mass is 10.1. The van der Waals surface area contributed by atoms with Crippen LogP contribution in [0.3, 0.4) is 0 Å². The van der Waals surface area contributed by atoms with Crippen molar-refractivity contribution in [1.29, 1.82) is 0 Å². The molecule has 3 heterocycles. The summed E-state index contributed by atoms with van der Waals surface area (Å²) in [5, 5.41) is 17.6. The van der Waals surface area contributed by atoms with Crippen LogP contribution in [0.25, 0.3) is 22.2 Å². The van der Waals surface area contributed by atoms with Crippen LogP contribution in [-0.2, 0) is 19.5 Å². The molecule has 1 amide bonds. The number of nitrogens with zero attached hydrogens (tertiary/aromatic N) is 5. The van der Waals surface area contributed by atoms with Crippen LogP contribution < -0.4 is 10.9 Å². The summed E-state index contributed by atoms with van der Waals surface area (Å²) in [7, 11) is 0. The quantitative estimate of drug-likeness (QED) is 0.450. The highest BCUT2D eigenvalue weighted by atomic mass is 35.5. The van der Waals surface area contributed by atoms with Gasteiger partial charge in [0.25, 0.3) is 11.5 Å². The molecular formula is C25H25ClN6O2. The van der Waals surface area contributed by atoms with E-state index in [0.717, 1.165) is 44.5 Å². The smallest absolute Gasteiger partial charge is 0.276 e. The number of amides is 1. The minimum atomic E-state index is -0.394. The number of fused-ring (bicyclic) bond motifs is 2. The van der Waals surface area contributed by atoms with Gasteiger partial charge in [-0.15, -0.1) is 10.2 Å². The van der Waals surface area contributed by atoms with Crippen molar-refractivity contribution >= 4 is 34.0 Å². The number of carbonyl (C=O) groups excluding carboxylic acids is 1. The largest absolute Gasteiger partial charge is 0.321 e. The van der Waals surface area contributed by atoms with Gasteiger partial charge in [0.2, 0.25) is 0 Å². The molecule has 0 radical (unpaired) electrons. The third kappa shape index (κ3) is 4.09. The molecule has 0 saturated carbocycles. The van der Waals surface area contributed by atoms with Gasteiger partial charge in [0, 0.05) is 36.1 Å². The fraction of sp³-hybridized carbons (Fsp3) is 0.320. The highest BCUT2D eigenvalue weighted by molar-refractivity contribution is 6.33. The number of benzene rings is 2. The number of anilines is 1. The molecule has 9 heteroatoms. The van der Waals surface area contributed by atoms with Crippen molar-refractivity contribution in [2.75, 3.05) is 5.32 Å². The van der Waals surface area contributed by atoms with E-state index in [0.29, 0.717) is 39.4 Å². The summed E-state index contributed by atoms with van der Waals surface area (Å²) in [6.45, 7) is 3.25. The van der Waals surface area contributed by atoms with E-state index in [-0.39, 0.29) is 11.3 Å². The molecule has 0 saturated heterocycles. The minimum Gasteiger partial charge on any atom is -0.321 e. The van der Waals surface area contributed by atoms with Crippen LogP contribution in [0.1, 0.15) is 48.9 Å². The van der Waals surface area contributed by atoms with E-state index in [4.69, 9.17) is 11.6 Å². The van der Waals surface area contributed by atoms with Gasteiger partial charge in [-0.05, 0) is 43.5 Å². The summed E-state index contributed by atoms with van der Waals surface area (Å²) in [5.74, 6) is 1.28. The first kappa shape index (κ1) is 22.3. The fourth-order valence-corrected chi connectivity index (χ4v) is 4.62. The second kappa shape index (κ2) is 9.38. The molecule has 0 atom stereocenters. The van der Waals surface area contributed by atoms with Crippen LogP contribution >= 0.6 is 11.6 Å². The zero-order valence-electron chi connectivity index (χ0n) is 18.9. The molecule has 2 aromatic carbocycles. The Labute approximate surface area is 201 Å². The molecule has 0 unspecified atom stereocenters. The summed E-state index contributed by atoms with van der Waals surface area (Å²) in [5.41, 5.74) is 1.29. The normalized spacial score (nSPS) is 13.5. The lowest BCUT2D eigenvalue weighted by Gasteiger charge is -2.13. The number of hydrogen-bond acceptors (Lipinski definition) is 5. The van der Waals surface area contributed by atoms with Gasteiger partial charge >= 0.3 is 0 Å². The first-order valence-electron chi connectivity index (χ1n) is 11.6. The lowest BCUT2D eigenvalue weighted by molar-refractivity contribution is 0.102. The average molecular weight is 477 g/mol. The van der Waals surface area contributed by atoms with Gasteiger partial charge in [-0.2, -0.15) is 5.10 Å². The Morgan fingerprint density at radius 1 is 1.09 bits per heavy atom. The van der Waals surface area contributed by atoms with E-state index >= 15 is 0 Å². The first-order valence-corrected chi connectivity index (χ1v) is 12.0. The number of aryl methyl sites for hydroxylation is 2. The summed E-state index contributed by atoms with van der Waals surface area (Å²) in [6, 6.07) is 12.3. The Bertz CT molecular complexity index is 1440. The molecule has 0 aliphatic carbocycles. The van der Waals surface area contributed by atoms with Crippen LogP contribution in [0.2, 0.25) is 5.02 Å². The van der Waals surface area contributed by atoms with Crippen molar-refractivity contribution in [3.63, 3.8) is 0 Å². The predicted molar refractivity (Wildman–Crippen MR) is 132 cm³/mol. The molecule has 174 valence electrons.